The first-order chi connectivity index (χ1) is 18.7. The number of hydrogen-bond acceptors (Lipinski definition) is 11. The molecule has 0 saturated carbocycles. The maximum atomic E-state index is 12.5. The van der Waals surface area contributed by atoms with Crippen LogP contribution in [-0.2, 0) is 19.0 Å². The lowest BCUT2D eigenvalue weighted by molar-refractivity contribution is -0.341. The van der Waals surface area contributed by atoms with Crippen molar-refractivity contribution in [1.82, 2.24) is 0 Å². The van der Waals surface area contributed by atoms with Crippen LogP contribution in [0.4, 0.5) is 0 Å². The molecular formula is C28H52O11. The van der Waals surface area contributed by atoms with Crippen LogP contribution in [0, 0.1) is 0 Å². The Balaban J connectivity index is 1.70. The third-order valence-electron chi connectivity index (χ3n) is 7.84. The van der Waals surface area contributed by atoms with E-state index in [1.807, 2.05) is 0 Å². The van der Waals surface area contributed by atoms with E-state index < -0.39 is 74.4 Å². The zero-order valence-corrected chi connectivity index (χ0v) is 23.4. The summed E-state index contributed by atoms with van der Waals surface area (Å²) in [5, 5.41) is 70.6. The van der Waals surface area contributed by atoms with E-state index in [0.29, 0.717) is 6.42 Å². The first-order valence-corrected chi connectivity index (χ1v) is 14.8. The standard InChI is InChI=1S/C28H52O11/c1-2-3-4-5-6-7-8-9-10-11-12-13-14-18(31)15-19-22(32)25(35)27(21(17-30)37-19)39-28-26(36)24(34)23(33)20(16-29)38-28/h19-30,32-36H,2-17H2,1H3/t19-,20+,21+,22-,23+,24-,25+,26+,27+,28-/m0/s1. The first kappa shape index (κ1) is 34.5. The molecule has 2 aliphatic rings. The number of hydrogen-bond donors (Lipinski definition) is 7. The molecule has 0 radical (unpaired) electrons. The average molecular weight is 565 g/mol. The second-order valence-corrected chi connectivity index (χ2v) is 11.1. The third kappa shape index (κ3) is 10.9. The molecule has 2 rings (SSSR count). The van der Waals surface area contributed by atoms with E-state index in [-0.39, 0.29) is 12.2 Å². The highest BCUT2D eigenvalue weighted by Crippen LogP contribution is 2.30. The molecule has 0 unspecified atom stereocenters. The predicted octanol–water partition coefficient (Wildman–Crippen LogP) is 0.703. The van der Waals surface area contributed by atoms with Gasteiger partial charge in [0, 0.05) is 12.8 Å². The fraction of sp³-hybridized carbons (Fsp3) is 0.964. The summed E-state index contributed by atoms with van der Waals surface area (Å²) in [7, 11) is 0. The van der Waals surface area contributed by atoms with Crippen molar-refractivity contribution in [2.24, 2.45) is 0 Å². The Labute approximate surface area is 232 Å². The molecule has 2 saturated heterocycles. The van der Waals surface area contributed by atoms with Crippen molar-refractivity contribution in [3.63, 3.8) is 0 Å². The summed E-state index contributed by atoms with van der Waals surface area (Å²) >= 11 is 0. The first-order valence-electron chi connectivity index (χ1n) is 14.8. The number of ketones is 1. The Hall–Kier alpha value is -0.730. The average Bonchev–Trinajstić information content (AvgIpc) is 2.93. The number of unbranched alkanes of at least 4 members (excludes halogenated alkanes) is 11. The van der Waals surface area contributed by atoms with Crippen LogP contribution < -0.4 is 0 Å². The molecule has 2 heterocycles. The molecule has 11 nitrogen and oxygen atoms in total. The summed E-state index contributed by atoms with van der Waals surface area (Å²) in [6.45, 7) is 0.945. The lowest BCUT2D eigenvalue weighted by atomic mass is 9.91. The highest BCUT2D eigenvalue weighted by atomic mass is 16.7. The molecule has 7 N–H and O–H groups in total. The number of rotatable bonds is 19. The molecule has 0 aromatic carbocycles. The molecule has 0 spiro atoms. The Morgan fingerprint density at radius 3 is 1.67 bits per heavy atom. The third-order valence-corrected chi connectivity index (χ3v) is 7.84. The Kier molecular flexibility index (Phi) is 16.5. The predicted molar refractivity (Wildman–Crippen MR) is 142 cm³/mol. The van der Waals surface area contributed by atoms with Gasteiger partial charge in [0.2, 0.25) is 0 Å². The normalized spacial score (nSPS) is 35.3. The van der Waals surface area contributed by atoms with Crippen LogP contribution in [0.5, 0.6) is 0 Å². The quantitative estimate of drug-likeness (QED) is 0.110. The van der Waals surface area contributed by atoms with Crippen molar-refractivity contribution < 1.29 is 54.8 Å². The molecule has 0 amide bonds. The van der Waals surface area contributed by atoms with Gasteiger partial charge in [-0.3, -0.25) is 4.79 Å². The maximum absolute atomic E-state index is 12.5. The fourth-order valence-electron chi connectivity index (χ4n) is 5.32. The van der Waals surface area contributed by atoms with Gasteiger partial charge in [0.1, 0.15) is 54.6 Å². The van der Waals surface area contributed by atoms with Gasteiger partial charge in [-0.05, 0) is 6.42 Å². The second-order valence-electron chi connectivity index (χ2n) is 11.1. The van der Waals surface area contributed by atoms with Gasteiger partial charge >= 0.3 is 0 Å². The summed E-state index contributed by atoms with van der Waals surface area (Å²) in [5.41, 5.74) is 0. The zero-order chi connectivity index (χ0) is 28.8. The maximum Gasteiger partial charge on any atom is 0.187 e. The summed E-state index contributed by atoms with van der Waals surface area (Å²) < 4.78 is 16.5. The lowest BCUT2D eigenvalue weighted by Crippen LogP contribution is -2.64. The topological polar surface area (TPSA) is 186 Å². The van der Waals surface area contributed by atoms with Crippen molar-refractivity contribution in [3.8, 4) is 0 Å². The van der Waals surface area contributed by atoms with Crippen LogP contribution in [0.15, 0.2) is 0 Å². The molecule has 0 aliphatic carbocycles. The molecule has 0 aromatic heterocycles. The summed E-state index contributed by atoms with van der Waals surface area (Å²) in [6, 6.07) is 0. The van der Waals surface area contributed by atoms with Crippen LogP contribution >= 0.6 is 0 Å². The number of carbonyl (C=O) groups excluding carboxylic acids is 1. The van der Waals surface area contributed by atoms with Crippen LogP contribution in [0.3, 0.4) is 0 Å². The molecule has 2 aliphatic heterocycles. The van der Waals surface area contributed by atoms with E-state index in [1.165, 1.54) is 51.4 Å². The van der Waals surface area contributed by atoms with Crippen molar-refractivity contribution >= 4 is 5.78 Å². The molecule has 10 atom stereocenters. The van der Waals surface area contributed by atoms with Crippen LogP contribution in [-0.4, -0.2) is 116 Å². The Morgan fingerprint density at radius 2 is 1.13 bits per heavy atom. The van der Waals surface area contributed by atoms with Gasteiger partial charge in [-0.2, -0.15) is 0 Å². The van der Waals surface area contributed by atoms with Gasteiger partial charge in [0.15, 0.2) is 6.29 Å². The van der Waals surface area contributed by atoms with Crippen LogP contribution in [0.1, 0.15) is 96.8 Å². The largest absolute Gasteiger partial charge is 0.394 e. The zero-order valence-electron chi connectivity index (χ0n) is 23.4. The monoisotopic (exact) mass is 564 g/mol. The summed E-state index contributed by atoms with van der Waals surface area (Å²) in [4.78, 5) is 12.5. The molecule has 39 heavy (non-hydrogen) atoms. The fourth-order valence-corrected chi connectivity index (χ4v) is 5.32. The van der Waals surface area contributed by atoms with E-state index in [4.69, 9.17) is 14.2 Å². The van der Waals surface area contributed by atoms with Crippen LogP contribution in [0.2, 0.25) is 0 Å². The van der Waals surface area contributed by atoms with Crippen molar-refractivity contribution in [3.05, 3.63) is 0 Å². The lowest BCUT2D eigenvalue weighted by Gasteiger charge is -2.46. The number of aliphatic hydroxyl groups is 7. The number of carbonyl (C=O) groups is 1. The van der Waals surface area contributed by atoms with Gasteiger partial charge < -0.3 is 50.0 Å². The van der Waals surface area contributed by atoms with Gasteiger partial charge in [0.25, 0.3) is 0 Å². The minimum Gasteiger partial charge on any atom is -0.394 e. The molecule has 230 valence electrons. The highest BCUT2D eigenvalue weighted by Gasteiger charge is 2.50. The van der Waals surface area contributed by atoms with E-state index in [1.54, 1.807) is 0 Å². The number of aliphatic hydroxyl groups excluding tert-OH is 7. The van der Waals surface area contributed by atoms with Gasteiger partial charge in [-0.15, -0.1) is 0 Å². The van der Waals surface area contributed by atoms with E-state index in [0.717, 1.165) is 25.7 Å². The van der Waals surface area contributed by atoms with Gasteiger partial charge in [-0.1, -0.05) is 77.6 Å². The molecule has 11 heteroatoms. The minimum atomic E-state index is -1.72. The Morgan fingerprint density at radius 1 is 0.615 bits per heavy atom. The van der Waals surface area contributed by atoms with Crippen molar-refractivity contribution in [2.75, 3.05) is 13.2 Å². The molecule has 0 bridgehead atoms. The van der Waals surface area contributed by atoms with Gasteiger partial charge in [-0.25, -0.2) is 0 Å². The Bertz CT molecular complexity index is 661. The highest BCUT2D eigenvalue weighted by molar-refractivity contribution is 5.78. The number of Topliss-reactive ketones (excluding diaryl/α,β-unsaturated/α-hetero) is 1. The van der Waals surface area contributed by atoms with Crippen molar-refractivity contribution in [2.45, 2.75) is 158 Å². The molecular weight excluding hydrogens is 512 g/mol. The van der Waals surface area contributed by atoms with Gasteiger partial charge in [0.05, 0.1) is 19.3 Å². The second kappa shape index (κ2) is 18.7. The number of ether oxygens (including phenoxy) is 3. The smallest absolute Gasteiger partial charge is 0.187 e. The van der Waals surface area contributed by atoms with E-state index in [9.17, 15) is 40.5 Å². The van der Waals surface area contributed by atoms with E-state index >= 15 is 0 Å². The SMILES string of the molecule is CCCCCCCCCCCCCCC(=O)C[C@@H]1O[C@H](CO)[C@@H](O[C@@H]2O[C@H](CO)[C@@H](O)[C@H](O)[C@H]2O)[C@H](O)[C@H]1O. The summed E-state index contributed by atoms with van der Waals surface area (Å²) in [6.07, 6.45) is 0.0473. The van der Waals surface area contributed by atoms with E-state index in [2.05, 4.69) is 6.92 Å². The molecule has 2 fully saturated rings. The van der Waals surface area contributed by atoms with Crippen LogP contribution in [0.25, 0.3) is 0 Å². The minimum absolute atomic E-state index is 0.108. The summed E-state index contributed by atoms with van der Waals surface area (Å²) in [5.74, 6) is -0.108. The molecule has 0 aromatic rings. The van der Waals surface area contributed by atoms with Crippen molar-refractivity contribution in [1.29, 1.82) is 0 Å².